The summed E-state index contributed by atoms with van der Waals surface area (Å²) >= 11 is 5.95. The normalized spacial score (nSPS) is 13.4. The van der Waals surface area contributed by atoms with Crippen molar-refractivity contribution in [2.75, 3.05) is 0 Å². The molecule has 1 aromatic heterocycles. The predicted molar refractivity (Wildman–Crippen MR) is 165 cm³/mol. The zero-order valence-corrected chi connectivity index (χ0v) is 26.5. The Bertz CT molecular complexity index is 976. The minimum absolute atomic E-state index is 0.123. The fourth-order valence-electron chi connectivity index (χ4n) is 3.28. The Kier molecular flexibility index (Phi) is 18.6. The van der Waals surface area contributed by atoms with E-state index in [4.69, 9.17) is 16.3 Å². The Morgan fingerprint density at radius 1 is 1.13 bits per heavy atom. The highest BCUT2D eigenvalue weighted by molar-refractivity contribution is 6.28. The van der Waals surface area contributed by atoms with Crippen LogP contribution in [0.3, 0.4) is 0 Å². The third-order valence-corrected chi connectivity index (χ3v) is 6.49. The summed E-state index contributed by atoms with van der Waals surface area (Å²) in [6.07, 6.45) is 10.7. The number of benzene rings is 1. The van der Waals surface area contributed by atoms with E-state index in [2.05, 4.69) is 75.4 Å². The van der Waals surface area contributed by atoms with Gasteiger partial charge in [0.25, 0.3) is 5.92 Å². The van der Waals surface area contributed by atoms with Gasteiger partial charge in [-0.1, -0.05) is 103 Å². The molecule has 0 amide bonds. The molecule has 0 radical (unpaired) electrons. The van der Waals surface area contributed by atoms with Crippen LogP contribution in [0.1, 0.15) is 123 Å². The molecule has 1 aliphatic rings. The smallest absolute Gasteiger partial charge is 0.266 e. The number of hydrogen-bond acceptors (Lipinski definition) is 3. The van der Waals surface area contributed by atoms with Crippen molar-refractivity contribution in [3.63, 3.8) is 0 Å². The van der Waals surface area contributed by atoms with Gasteiger partial charge in [-0.3, -0.25) is 0 Å². The first-order chi connectivity index (χ1) is 18.3. The van der Waals surface area contributed by atoms with Gasteiger partial charge < -0.3 is 4.74 Å². The molecule has 220 valence electrons. The minimum atomic E-state index is -2.63. The van der Waals surface area contributed by atoms with Crippen LogP contribution in [0.5, 0.6) is 5.88 Å². The summed E-state index contributed by atoms with van der Waals surface area (Å²) in [7, 11) is 0. The molecule has 0 spiro atoms. The number of aromatic nitrogens is 2. The average Bonchev–Trinajstić information content (AvgIpc) is 3.42. The van der Waals surface area contributed by atoms with Gasteiger partial charge in [-0.15, -0.1) is 0 Å². The number of alkyl halides is 2. The van der Waals surface area contributed by atoms with Crippen molar-refractivity contribution in [2.24, 2.45) is 5.92 Å². The highest BCUT2D eigenvalue weighted by atomic mass is 35.5. The van der Waals surface area contributed by atoms with Crippen LogP contribution in [0.15, 0.2) is 48.7 Å². The largest absolute Gasteiger partial charge is 0.472 e. The molecule has 6 heteroatoms. The molecule has 1 aliphatic carbocycles. The number of rotatable bonds is 7. The molecule has 3 rings (SSSR count). The van der Waals surface area contributed by atoms with Crippen LogP contribution in [-0.4, -0.2) is 15.9 Å². The lowest BCUT2D eigenvalue weighted by Gasteiger charge is -2.15. The first-order valence-corrected chi connectivity index (χ1v) is 14.6. The molecule has 0 aliphatic heterocycles. The van der Waals surface area contributed by atoms with E-state index >= 15 is 0 Å². The number of nitrogens with zero attached hydrogens (tertiary/aromatic N) is 2. The monoisotopic (exact) mass is 564 g/mol. The van der Waals surface area contributed by atoms with Crippen LogP contribution < -0.4 is 4.74 Å². The van der Waals surface area contributed by atoms with Crippen molar-refractivity contribution in [3.05, 3.63) is 70.7 Å². The number of hydrogen-bond donors (Lipinski definition) is 0. The van der Waals surface area contributed by atoms with Crippen molar-refractivity contribution < 1.29 is 13.5 Å². The van der Waals surface area contributed by atoms with E-state index in [9.17, 15) is 8.78 Å². The molecule has 0 atom stereocenters. The van der Waals surface area contributed by atoms with Crippen molar-refractivity contribution in [1.82, 2.24) is 9.97 Å². The van der Waals surface area contributed by atoms with Crippen molar-refractivity contribution in [1.29, 1.82) is 0 Å². The molecule has 1 fully saturated rings. The number of allylic oxidation sites excluding steroid dienone is 3. The summed E-state index contributed by atoms with van der Waals surface area (Å²) in [5.41, 5.74) is 4.51. The van der Waals surface area contributed by atoms with Gasteiger partial charge in [-0.25, -0.2) is 13.8 Å². The molecule has 0 bridgehead atoms. The molecule has 1 heterocycles. The van der Waals surface area contributed by atoms with E-state index in [1.165, 1.54) is 51.5 Å². The summed E-state index contributed by atoms with van der Waals surface area (Å²) in [5.74, 6) is -0.627. The Balaban J connectivity index is 0.000000745. The van der Waals surface area contributed by atoms with Crippen LogP contribution >= 0.6 is 11.6 Å². The zero-order valence-electron chi connectivity index (χ0n) is 25.7. The lowest BCUT2D eigenvalue weighted by atomic mass is 10.0. The van der Waals surface area contributed by atoms with Gasteiger partial charge in [0.2, 0.25) is 11.2 Å². The van der Waals surface area contributed by atoms with Crippen LogP contribution in [0.4, 0.5) is 8.78 Å². The number of ether oxygens (including phenoxy) is 1. The second-order valence-electron chi connectivity index (χ2n) is 10.5. The van der Waals surface area contributed by atoms with Gasteiger partial charge in [0, 0.05) is 18.7 Å². The van der Waals surface area contributed by atoms with E-state index in [0.29, 0.717) is 18.4 Å². The second-order valence-corrected chi connectivity index (χ2v) is 10.9. The summed E-state index contributed by atoms with van der Waals surface area (Å²) in [6, 6.07) is 8.24. The summed E-state index contributed by atoms with van der Waals surface area (Å²) < 4.78 is 30.1. The molecular formula is C33H51ClF2N2O. The maximum Gasteiger partial charge on any atom is 0.266 e. The molecule has 3 nitrogen and oxygen atoms in total. The first-order valence-electron chi connectivity index (χ1n) is 14.2. The van der Waals surface area contributed by atoms with Crippen LogP contribution in [0.25, 0.3) is 5.57 Å². The third kappa shape index (κ3) is 15.8. The van der Waals surface area contributed by atoms with Gasteiger partial charge >= 0.3 is 0 Å². The summed E-state index contributed by atoms with van der Waals surface area (Å²) in [4.78, 5) is 8.43. The average molecular weight is 565 g/mol. The Morgan fingerprint density at radius 3 is 2.03 bits per heavy atom. The van der Waals surface area contributed by atoms with E-state index in [1.807, 2.05) is 13.1 Å². The molecule has 39 heavy (non-hydrogen) atoms. The molecule has 0 N–H and O–H groups in total. The van der Waals surface area contributed by atoms with Crippen LogP contribution in [0.2, 0.25) is 5.28 Å². The minimum Gasteiger partial charge on any atom is -0.472 e. The second kappa shape index (κ2) is 19.7. The highest BCUT2D eigenvalue weighted by Gasteiger charge is 2.23. The topological polar surface area (TPSA) is 35.0 Å². The van der Waals surface area contributed by atoms with Crippen LogP contribution in [-0.2, 0) is 6.61 Å². The Morgan fingerprint density at radius 2 is 1.64 bits per heavy atom. The molecule has 1 aromatic carbocycles. The van der Waals surface area contributed by atoms with Gasteiger partial charge in [-0.05, 0) is 73.7 Å². The molecular weight excluding hydrogens is 514 g/mol. The van der Waals surface area contributed by atoms with Crippen LogP contribution in [0, 0.1) is 5.92 Å². The van der Waals surface area contributed by atoms with Gasteiger partial charge in [0.05, 0.1) is 0 Å². The molecule has 0 saturated heterocycles. The predicted octanol–water partition coefficient (Wildman–Crippen LogP) is 11.5. The molecule has 0 unspecified atom stereocenters. The van der Waals surface area contributed by atoms with E-state index in [0.717, 1.165) is 35.1 Å². The van der Waals surface area contributed by atoms with Gasteiger partial charge in [0.15, 0.2) is 0 Å². The lowest BCUT2D eigenvalue weighted by molar-refractivity contribution is 0.0633. The number of halogens is 3. The maximum atomic E-state index is 12.0. The summed E-state index contributed by atoms with van der Waals surface area (Å²) in [6.45, 7) is 21.2. The van der Waals surface area contributed by atoms with Crippen molar-refractivity contribution in [2.45, 2.75) is 119 Å². The molecule has 2 aromatic rings. The quantitative estimate of drug-likeness (QED) is 0.248. The van der Waals surface area contributed by atoms with E-state index < -0.39 is 5.92 Å². The van der Waals surface area contributed by atoms with Crippen molar-refractivity contribution in [3.8, 4) is 5.88 Å². The Labute approximate surface area is 242 Å². The van der Waals surface area contributed by atoms with E-state index in [1.54, 1.807) is 6.92 Å². The maximum absolute atomic E-state index is 12.0. The third-order valence-electron chi connectivity index (χ3n) is 6.31. The van der Waals surface area contributed by atoms with Crippen molar-refractivity contribution >= 4 is 17.2 Å². The van der Waals surface area contributed by atoms with E-state index in [-0.39, 0.29) is 10.9 Å². The SMILES string of the molecule is C/C=C(\C)C(C)(F)F.C=C(C)c1ccc(COc2nc(Cl)ncc2C2CCCC2)cc1.CCC.CCC(C)C. The molecule has 1 saturated carbocycles. The highest BCUT2D eigenvalue weighted by Crippen LogP contribution is 2.38. The standard InChI is InChI=1S/C19H21ClN2O.C6H10F2.C5H12.C3H8/c1-13(2)15-9-7-14(8-10-15)12-23-18-17(11-21-19(20)22-18)16-5-3-4-6-16;1-4-5(2)6(3,7)8;1-4-5(2)3;1-3-2/h7-11,16H,1,3-6,12H2,2H3;4H,1-3H3;5H,4H2,1-3H3;3H2,1-2H3/b;5-4+;;. The Hall–Kier alpha value is -2.27. The fraction of sp³-hybridized carbons (Fsp3) is 0.576. The van der Waals surface area contributed by atoms with Gasteiger partial charge in [-0.2, -0.15) is 4.98 Å². The summed E-state index contributed by atoms with van der Waals surface area (Å²) in [5, 5.41) is 0.236. The first kappa shape index (κ1) is 36.7. The fourth-order valence-corrected chi connectivity index (χ4v) is 3.40. The van der Waals surface area contributed by atoms with Gasteiger partial charge in [0.1, 0.15) is 6.61 Å². The lowest BCUT2D eigenvalue weighted by Crippen LogP contribution is -2.10. The zero-order chi connectivity index (χ0) is 30.0.